The van der Waals surface area contributed by atoms with Crippen LogP contribution in [0.3, 0.4) is 0 Å². The minimum Gasteiger partial charge on any atom is -0.396 e. The lowest BCUT2D eigenvalue weighted by Crippen LogP contribution is -2.32. The summed E-state index contributed by atoms with van der Waals surface area (Å²) in [6.07, 6.45) is 1.09. The maximum atomic E-state index is 11.7. The zero-order valence-electron chi connectivity index (χ0n) is 13.0. The van der Waals surface area contributed by atoms with Crippen LogP contribution in [0.2, 0.25) is 0 Å². The number of nitrogens with zero attached hydrogens (tertiary/aromatic N) is 2. The van der Waals surface area contributed by atoms with Crippen LogP contribution in [0.1, 0.15) is 35.5 Å². The molecule has 1 unspecified atom stereocenters. The molecule has 4 N–H and O–H groups in total. The third-order valence-corrected chi connectivity index (χ3v) is 4.75. The predicted molar refractivity (Wildman–Crippen MR) is 87.7 cm³/mol. The minimum atomic E-state index is -0.265. The molecule has 0 aliphatic rings. The highest BCUT2D eigenvalue weighted by Crippen LogP contribution is 2.34. The Morgan fingerprint density at radius 3 is 2.76 bits per heavy atom. The van der Waals surface area contributed by atoms with Gasteiger partial charge in [-0.1, -0.05) is 6.92 Å². The van der Waals surface area contributed by atoms with Crippen LogP contribution in [-0.2, 0) is 0 Å². The largest absolute Gasteiger partial charge is 0.396 e. The number of carbonyl (C=O) groups excluding carboxylic acids is 1. The van der Waals surface area contributed by atoms with Crippen LogP contribution in [0, 0.1) is 11.3 Å². The minimum absolute atomic E-state index is 0.250. The molecule has 21 heavy (non-hydrogen) atoms. The second-order valence-electron chi connectivity index (χ2n) is 4.90. The quantitative estimate of drug-likeness (QED) is 0.713. The first-order valence-electron chi connectivity index (χ1n) is 6.94. The number of likely N-dealkylation sites (N-methyl/N-ethyl adjacent to an activating group) is 1. The van der Waals surface area contributed by atoms with Gasteiger partial charge in [0.2, 0.25) is 0 Å². The fourth-order valence-electron chi connectivity index (χ4n) is 1.84. The number of rotatable bonds is 7. The standard InChI is InChI=1S/C14H23N5OS/c1-5-9(2)19(4)7-6-18-14-10(8-15)11(16)12(21-14)13(20)17-3/h9,18H,5-7,16H2,1-4H3,(H,17,20). The van der Waals surface area contributed by atoms with Crippen LogP contribution in [0.25, 0.3) is 0 Å². The first-order valence-corrected chi connectivity index (χ1v) is 7.76. The lowest BCUT2D eigenvalue weighted by atomic mass is 10.2. The molecule has 1 aromatic heterocycles. The van der Waals surface area contributed by atoms with Gasteiger partial charge in [0.25, 0.3) is 5.91 Å². The van der Waals surface area contributed by atoms with Crippen molar-refractivity contribution < 1.29 is 4.79 Å². The molecular formula is C14H23N5OS. The van der Waals surface area contributed by atoms with Crippen LogP contribution in [-0.4, -0.2) is 44.0 Å². The molecule has 0 aliphatic carbocycles. The van der Waals surface area contributed by atoms with Crippen molar-refractivity contribution in [3.05, 3.63) is 10.4 Å². The van der Waals surface area contributed by atoms with E-state index < -0.39 is 0 Å². The van der Waals surface area contributed by atoms with Crippen molar-refractivity contribution in [2.45, 2.75) is 26.3 Å². The third-order valence-electron chi connectivity index (χ3n) is 3.58. The van der Waals surface area contributed by atoms with Crippen LogP contribution in [0.5, 0.6) is 0 Å². The second-order valence-corrected chi connectivity index (χ2v) is 5.93. The van der Waals surface area contributed by atoms with E-state index in [4.69, 9.17) is 5.73 Å². The Labute approximate surface area is 129 Å². The van der Waals surface area contributed by atoms with E-state index in [9.17, 15) is 10.1 Å². The van der Waals surface area contributed by atoms with Crippen LogP contribution in [0.15, 0.2) is 0 Å². The lowest BCUT2D eigenvalue weighted by molar-refractivity contribution is 0.0968. The molecule has 6 nitrogen and oxygen atoms in total. The fraction of sp³-hybridized carbons (Fsp3) is 0.571. The highest BCUT2D eigenvalue weighted by molar-refractivity contribution is 7.18. The molecule has 1 aromatic rings. The Morgan fingerprint density at radius 1 is 1.57 bits per heavy atom. The number of carbonyl (C=O) groups is 1. The Balaban J connectivity index is 2.76. The molecule has 0 saturated heterocycles. The third kappa shape index (κ3) is 4.09. The van der Waals surface area contributed by atoms with Crippen molar-refractivity contribution in [2.75, 3.05) is 38.2 Å². The Hall–Kier alpha value is -1.78. The summed E-state index contributed by atoms with van der Waals surface area (Å²) in [5, 5.41) is 15.6. The van der Waals surface area contributed by atoms with E-state index in [1.54, 1.807) is 7.05 Å². The molecule has 0 aliphatic heterocycles. The summed E-state index contributed by atoms with van der Waals surface area (Å²) in [7, 11) is 3.61. The van der Waals surface area contributed by atoms with Crippen molar-refractivity contribution in [3.63, 3.8) is 0 Å². The number of thiophene rings is 1. The summed E-state index contributed by atoms with van der Waals surface area (Å²) < 4.78 is 0. The Bertz CT molecular complexity index is 534. The molecule has 0 spiro atoms. The molecule has 0 aromatic carbocycles. The monoisotopic (exact) mass is 309 g/mol. The first-order chi connectivity index (χ1) is 9.96. The van der Waals surface area contributed by atoms with E-state index in [1.165, 1.54) is 11.3 Å². The number of amides is 1. The van der Waals surface area contributed by atoms with Crippen molar-refractivity contribution in [3.8, 4) is 6.07 Å². The van der Waals surface area contributed by atoms with Gasteiger partial charge in [-0.05, 0) is 20.4 Å². The number of hydrogen-bond donors (Lipinski definition) is 3. The first kappa shape index (κ1) is 17.3. The maximum absolute atomic E-state index is 11.7. The van der Waals surface area contributed by atoms with Gasteiger partial charge in [-0.3, -0.25) is 4.79 Å². The maximum Gasteiger partial charge on any atom is 0.263 e. The van der Waals surface area contributed by atoms with E-state index in [1.807, 2.05) is 0 Å². The summed E-state index contributed by atoms with van der Waals surface area (Å²) in [5.41, 5.74) is 6.47. The van der Waals surface area contributed by atoms with Gasteiger partial charge in [-0.2, -0.15) is 5.26 Å². The van der Waals surface area contributed by atoms with E-state index in [-0.39, 0.29) is 11.6 Å². The van der Waals surface area contributed by atoms with Gasteiger partial charge in [-0.15, -0.1) is 11.3 Å². The summed E-state index contributed by atoms with van der Waals surface area (Å²) in [4.78, 5) is 14.3. The molecule has 1 rings (SSSR count). The molecule has 0 fully saturated rings. The van der Waals surface area contributed by atoms with Gasteiger partial charge in [0.15, 0.2) is 0 Å². The molecule has 0 radical (unpaired) electrons. The zero-order chi connectivity index (χ0) is 16.0. The number of anilines is 2. The van der Waals surface area contributed by atoms with Gasteiger partial charge in [0.05, 0.1) is 5.69 Å². The van der Waals surface area contributed by atoms with Gasteiger partial charge < -0.3 is 21.3 Å². The average molecular weight is 309 g/mol. The summed E-state index contributed by atoms with van der Waals surface area (Å²) >= 11 is 1.22. The highest BCUT2D eigenvalue weighted by Gasteiger charge is 2.20. The molecule has 116 valence electrons. The van der Waals surface area contributed by atoms with E-state index in [2.05, 4.69) is 42.5 Å². The van der Waals surface area contributed by atoms with Crippen LogP contribution >= 0.6 is 11.3 Å². The van der Waals surface area contributed by atoms with Crippen molar-refractivity contribution in [2.24, 2.45) is 0 Å². The fourth-order valence-corrected chi connectivity index (χ4v) is 2.88. The van der Waals surface area contributed by atoms with Gasteiger partial charge in [0, 0.05) is 26.2 Å². The van der Waals surface area contributed by atoms with E-state index in [0.717, 1.165) is 13.0 Å². The SMILES string of the molecule is CCC(C)N(C)CCNc1sc(C(=O)NC)c(N)c1C#N. The Morgan fingerprint density at radius 2 is 2.24 bits per heavy atom. The number of nitrogens with one attached hydrogen (secondary N) is 2. The smallest absolute Gasteiger partial charge is 0.263 e. The Kier molecular flexibility index (Phi) is 6.46. The normalized spacial score (nSPS) is 12.0. The summed E-state index contributed by atoms with van der Waals surface area (Å²) in [6.45, 7) is 5.88. The van der Waals surface area contributed by atoms with Crippen molar-refractivity contribution in [1.82, 2.24) is 10.2 Å². The molecule has 1 amide bonds. The molecule has 1 atom stereocenters. The number of nitrogens with two attached hydrogens (primary N) is 1. The van der Waals surface area contributed by atoms with Crippen molar-refractivity contribution in [1.29, 1.82) is 5.26 Å². The number of hydrogen-bond acceptors (Lipinski definition) is 6. The highest BCUT2D eigenvalue weighted by atomic mass is 32.1. The molecule has 1 heterocycles. The predicted octanol–water partition coefficient (Wildman–Crippen LogP) is 1.70. The van der Waals surface area contributed by atoms with E-state index in [0.29, 0.717) is 28.0 Å². The van der Waals surface area contributed by atoms with Gasteiger partial charge in [0.1, 0.15) is 21.5 Å². The van der Waals surface area contributed by atoms with Crippen LogP contribution in [0.4, 0.5) is 10.7 Å². The average Bonchev–Trinajstić information content (AvgIpc) is 2.81. The van der Waals surface area contributed by atoms with E-state index >= 15 is 0 Å². The summed E-state index contributed by atoms with van der Waals surface area (Å²) in [5.74, 6) is -0.265. The molecule has 0 saturated carbocycles. The van der Waals surface area contributed by atoms with Crippen LogP contribution < -0.4 is 16.4 Å². The molecule has 7 heteroatoms. The second kappa shape index (κ2) is 7.86. The number of nitriles is 1. The van der Waals surface area contributed by atoms with Gasteiger partial charge >= 0.3 is 0 Å². The molecular weight excluding hydrogens is 286 g/mol. The summed E-state index contributed by atoms with van der Waals surface area (Å²) in [6, 6.07) is 2.58. The zero-order valence-corrected chi connectivity index (χ0v) is 13.8. The van der Waals surface area contributed by atoms with Gasteiger partial charge in [-0.25, -0.2) is 0 Å². The van der Waals surface area contributed by atoms with Crippen molar-refractivity contribution >= 4 is 27.9 Å². The topological polar surface area (TPSA) is 94.2 Å². The molecule has 0 bridgehead atoms. The number of nitrogen functional groups attached to an aromatic ring is 1. The lowest BCUT2D eigenvalue weighted by Gasteiger charge is -2.23.